The van der Waals surface area contributed by atoms with Crippen molar-refractivity contribution < 1.29 is 14.7 Å². The summed E-state index contributed by atoms with van der Waals surface area (Å²) in [6.07, 6.45) is 9.74. The zero-order chi connectivity index (χ0) is 15.1. The molecule has 1 aliphatic carbocycles. The fraction of sp³-hybridized carbons (Fsp3) is 0.750. The molecule has 118 valence electrons. The number of carboxylic acids is 1. The second-order valence-corrected chi connectivity index (χ2v) is 6.12. The molecule has 2 rings (SSSR count). The number of carboxylic acid groups (broad SMARTS) is 1. The summed E-state index contributed by atoms with van der Waals surface area (Å²) in [5.41, 5.74) is 1.47. The zero-order valence-electron chi connectivity index (χ0n) is 12.6. The average molecular weight is 294 g/mol. The number of carbonyl (C=O) groups excluding carboxylic acids is 1. The van der Waals surface area contributed by atoms with Gasteiger partial charge in [-0.2, -0.15) is 0 Å². The van der Waals surface area contributed by atoms with Crippen molar-refractivity contribution in [2.24, 2.45) is 5.92 Å². The first-order chi connectivity index (χ1) is 10.1. The van der Waals surface area contributed by atoms with Crippen LogP contribution in [0.15, 0.2) is 11.6 Å². The van der Waals surface area contributed by atoms with Gasteiger partial charge in [0.2, 0.25) is 0 Å². The Hall–Kier alpha value is -1.52. The number of carbonyl (C=O) groups is 2. The average Bonchev–Trinajstić information content (AvgIpc) is 2.98. The van der Waals surface area contributed by atoms with Crippen molar-refractivity contribution in [3.8, 4) is 0 Å². The van der Waals surface area contributed by atoms with Crippen LogP contribution < -0.4 is 5.32 Å². The van der Waals surface area contributed by atoms with Gasteiger partial charge in [-0.3, -0.25) is 4.79 Å². The Morgan fingerprint density at radius 2 is 2.24 bits per heavy atom. The molecule has 5 heteroatoms. The SMILES string of the molecule is O=C(O)CCC1CCCN(C(=O)NCCC2=CCCC2)C1. The molecule has 1 aliphatic heterocycles. The van der Waals surface area contributed by atoms with Crippen LogP contribution in [0.3, 0.4) is 0 Å². The van der Waals surface area contributed by atoms with E-state index in [1.807, 2.05) is 4.90 Å². The number of aliphatic carboxylic acids is 1. The third kappa shape index (κ3) is 5.40. The number of allylic oxidation sites excluding steroid dienone is 1. The molecule has 1 atom stereocenters. The molecule has 1 saturated heterocycles. The maximum absolute atomic E-state index is 12.1. The molecule has 21 heavy (non-hydrogen) atoms. The van der Waals surface area contributed by atoms with Gasteiger partial charge in [0.1, 0.15) is 0 Å². The van der Waals surface area contributed by atoms with E-state index in [0.29, 0.717) is 25.4 Å². The van der Waals surface area contributed by atoms with Gasteiger partial charge < -0.3 is 15.3 Å². The summed E-state index contributed by atoms with van der Waals surface area (Å²) in [6.45, 7) is 2.20. The van der Waals surface area contributed by atoms with E-state index in [1.54, 1.807) is 0 Å². The van der Waals surface area contributed by atoms with E-state index in [2.05, 4.69) is 11.4 Å². The second-order valence-electron chi connectivity index (χ2n) is 6.12. The summed E-state index contributed by atoms with van der Waals surface area (Å²) in [6, 6.07) is 0.00798. The van der Waals surface area contributed by atoms with E-state index < -0.39 is 5.97 Å². The standard InChI is InChI=1S/C16H26N2O3/c19-15(20)8-7-14-6-3-11-18(12-14)16(21)17-10-9-13-4-1-2-5-13/h4,14H,1-3,5-12H2,(H,17,21)(H,19,20). The van der Waals surface area contributed by atoms with E-state index in [-0.39, 0.29) is 12.5 Å². The highest BCUT2D eigenvalue weighted by Crippen LogP contribution is 2.22. The van der Waals surface area contributed by atoms with E-state index >= 15 is 0 Å². The maximum Gasteiger partial charge on any atom is 0.317 e. The number of hydrogen-bond donors (Lipinski definition) is 2. The van der Waals surface area contributed by atoms with Gasteiger partial charge in [0.15, 0.2) is 0 Å². The number of rotatable bonds is 6. The van der Waals surface area contributed by atoms with Gasteiger partial charge in [0.25, 0.3) is 0 Å². The molecule has 5 nitrogen and oxygen atoms in total. The second kappa shape index (κ2) is 8.05. The molecule has 0 aromatic carbocycles. The van der Waals surface area contributed by atoms with Crippen molar-refractivity contribution in [3.63, 3.8) is 0 Å². The van der Waals surface area contributed by atoms with Crippen molar-refractivity contribution in [2.75, 3.05) is 19.6 Å². The first kappa shape index (κ1) is 15.9. The third-order valence-electron chi connectivity index (χ3n) is 4.43. The minimum Gasteiger partial charge on any atom is -0.481 e. The van der Waals surface area contributed by atoms with Gasteiger partial charge >= 0.3 is 12.0 Å². The Morgan fingerprint density at radius 3 is 2.95 bits per heavy atom. The van der Waals surface area contributed by atoms with Crippen LogP contribution in [-0.2, 0) is 4.79 Å². The number of urea groups is 1. The van der Waals surface area contributed by atoms with Crippen LogP contribution in [0.1, 0.15) is 51.4 Å². The van der Waals surface area contributed by atoms with Crippen LogP contribution in [-0.4, -0.2) is 41.6 Å². The number of amides is 2. The van der Waals surface area contributed by atoms with E-state index in [0.717, 1.165) is 25.8 Å². The molecule has 2 amide bonds. The lowest BCUT2D eigenvalue weighted by Crippen LogP contribution is -2.45. The van der Waals surface area contributed by atoms with Gasteiger partial charge in [-0.15, -0.1) is 0 Å². The molecular weight excluding hydrogens is 268 g/mol. The Labute approximate surface area is 126 Å². The Balaban J connectivity index is 1.67. The topological polar surface area (TPSA) is 69.6 Å². The molecule has 1 fully saturated rings. The van der Waals surface area contributed by atoms with Crippen molar-refractivity contribution in [1.29, 1.82) is 0 Å². The highest BCUT2D eigenvalue weighted by atomic mass is 16.4. The largest absolute Gasteiger partial charge is 0.481 e. The number of nitrogens with one attached hydrogen (secondary N) is 1. The normalized spacial score (nSPS) is 22.0. The zero-order valence-corrected chi connectivity index (χ0v) is 12.6. The van der Waals surface area contributed by atoms with Gasteiger partial charge in [-0.25, -0.2) is 4.79 Å². The molecule has 0 spiro atoms. The molecule has 0 bridgehead atoms. The molecule has 0 radical (unpaired) electrons. The fourth-order valence-corrected chi connectivity index (χ4v) is 3.22. The number of likely N-dealkylation sites (tertiary alicyclic amines) is 1. The minimum absolute atomic E-state index is 0.00798. The fourth-order valence-electron chi connectivity index (χ4n) is 3.22. The Morgan fingerprint density at radius 1 is 1.38 bits per heavy atom. The predicted octanol–water partition coefficient (Wildman–Crippen LogP) is 2.77. The lowest BCUT2D eigenvalue weighted by Gasteiger charge is -2.32. The lowest BCUT2D eigenvalue weighted by atomic mass is 9.93. The molecule has 2 aliphatic rings. The molecule has 1 unspecified atom stereocenters. The van der Waals surface area contributed by atoms with E-state index in [1.165, 1.54) is 24.8 Å². The molecule has 1 heterocycles. The summed E-state index contributed by atoms with van der Waals surface area (Å²) < 4.78 is 0. The quantitative estimate of drug-likeness (QED) is 0.740. The van der Waals surface area contributed by atoms with Gasteiger partial charge in [0, 0.05) is 26.1 Å². The van der Waals surface area contributed by atoms with Gasteiger partial charge in [0.05, 0.1) is 0 Å². The van der Waals surface area contributed by atoms with Crippen molar-refractivity contribution >= 4 is 12.0 Å². The summed E-state index contributed by atoms with van der Waals surface area (Å²) in [5, 5.41) is 11.7. The Kier molecular flexibility index (Phi) is 6.08. The monoisotopic (exact) mass is 294 g/mol. The summed E-state index contributed by atoms with van der Waals surface area (Å²) in [4.78, 5) is 24.6. The van der Waals surface area contributed by atoms with Crippen molar-refractivity contribution in [3.05, 3.63) is 11.6 Å². The lowest BCUT2D eigenvalue weighted by molar-refractivity contribution is -0.137. The summed E-state index contributed by atoms with van der Waals surface area (Å²) in [5.74, 6) is -0.417. The van der Waals surface area contributed by atoms with Crippen LogP contribution in [0.2, 0.25) is 0 Å². The van der Waals surface area contributed by atoms with Crippen LogP contribution in [0.25, 0.3) is 0 Å². The molecule has 2 N–H and O–H groups in total. The third-order valence-corrected chi connectivity index (χ3v) is 4.43. The summed E-state index contributed by atoms with van der Waals surface area (Å²) in [7, 11) is 0. The van der Waals surface area contributed by atoms with E-state index in [4.69, 9.17) is 5.11 Å². The summed E-state index contributed by atoms with van der Waals surface area (Å²) >= 11 is 0. The molecule has 0 aromatic heterocycles. The van der Waals surface area contributed by atoms with Crippen LogP contribution in [0.5, 0.6) is 0 Å². The van der Waals surface area contributed by atoms with Crippen molar-refractivity contribution in [1.82, 2.24) is 10.2 Å². The number of piperidine rings is 1. The number of hydrogen-bond acceptors (Lipinski definition) is 2. The molecule has 0 aromatic rings. The van der Waals surface area contributed by atoms with Crippen LogP contribution in [0.4, 0.5) is 4.79 Å². The van der Waals surface area contributed by atoms with Crippen molar-refractivity contribution in [2.45, 2.75) is 51.4 Å². The Bertz CT molecular complexity index is 406. The van der Waals surface area contributed by atoms with Gasteiger partial charge in [-0.1, -0.05) is 11.6 Å². The smallest absolute Gasteiger partial charge is 0.317 e. The maximum atomic E-state index is 12.1. The molecular formula is C16H26N2O3. The number of nitrogens with zero attached hydrogens (tertiary/aromatic N) is 1. The van der Waals surface area contributed by atoms with Gasteiger partial charge in [-0.05, 0) is 50.9 Å². The minimum atomic E-state index is -0.749. The highest BCUT2D eigenvalue weighted by molar-refractivity contribution is 5.74. The van der Waals surface area contributed by atoms with Crippen LogP contribution >= 0.6 is 0 Å². The van der Waals surface area contributed by atoms with Crippen LogP contribution in [0, 0.1) is 5.92 Å². The highest BCUT2D eigenvalue weighted by Gasteiger charge is 2.23. The first-order valence-corrected chi connectivity index (χ1v) is 8.07. The van der Waals surface area contributed by atoms with E-state index in [9.17, 15) is 9.59 Å². The predicted molar refractivity (Wildman–Crippen MR) is 81.1 cm³/mol. The first-order valence-electron chi connectivity index (χ1n) is 8.07. The molecule has 0 saturated carbocycles.